The number of aryl methyl sites for hydroxylation is 1. The second-order valence-corrected chi connectivity index (χ2v) is 6.15. The monoisotopic (exact) mass is 343 g/mol. The molecular weight excluding hydrogens is 326 g/mol. The van der Waals surface area contributed by atoms with E-state index in [9.17, 15) is 4.79 Å². The van der Waals surface area contributed by atoms with Crippen molar-refractivity contribution in [2.24, 2.45) is 0 Å². The third kappa shape index (κ3) is 3.26. The molecule has 0 saturated heterocycles. The maximum absolute atomic E-state index is 12.3. The molecule has 3 aromatic rings. The molecule has 0 unspecified atom stereocenters. The molecule has 0 radical (unpaired) electrons. The van der Waals surface area contributed by atoms with Gasteiger partial charge in [0.1, 0.15) is 11.5 Å². The summed E-state index contributed by atoms with van der Waals surface area (Å²) >= 11 is 1.48. The lowest BCUT2D eigenvalue weighted by molar-refractivity contribution is 0.0962. The minimum absolute atomic E-state index is 0.303. The van der Waals surface area contributed by atoms with Crippen LogP contribution in [0.1, 0.15) is 15.9 Å². The van der Waals surface area contributed by atoms with Gasteiger partial charge in [-0.3, -0.25) is 15.6 Å². The number of benzene rings is 2. The van der Waals surface area contributed by atoms with E-state index in [0.717, 1.165) is 15.8 Å². The molecule has 1 aromatic heterocycles. The molecule has 0 aliphatic rings. The number of hydrazine groups is 1. The highest BCUT2D eigenvalue weighted by Crippen LogP contribution is 2.27. The first-order chi connectivity index (χ1) is 11.6. The number of carbonyl (C=O) groups is 1. The quantitative estimate of drug-likeness (QED) is 0.695. The highest BCUT2D eigenvalue weighted by Gasteiger charge is 2.11. The molecule has 1 heterocycles. The van der Waals surface area contributed by atoms with Gasteiger partial charge in [0.15, 0.2) is 0 Å². The number of hydrogen-bond acceptors (Lipinski definition) is 6. The van der Waals surface area contributed by atoms with E-state index in [1.54, 1.807) is 18.2 Å². The number of carbonyl (C=O) groups excluding carboxylic acids is 1. The van der Waals surface area contributed by atoms with E-state index in [4.69, 9.17) is 9.47 Å². The average molecular weight is 343 g/mol. The molecule has 1 amide bonds. The Kier molecular flexibility index (Phi) is 4.52. The summed E-state index contributed by atoms with van der Waals surface area (Å²) in [5.74, 6) is 0.799. The number of para-hydroxylation sites is 1. The first kappa shape index (κ1) is 16.1. The number of ether oxygens (including phenoxy) is 2. The van der Waals surface area contributed by atoms with Crippen molar-refractivity contribution in [3.8, 4) is 11.5 Å². The lowest BCUT2D eigenvalue weighted by Gasteiger charge is -2.09. The van der Waals surface area contributed by atoms with Crippen LogP contribution in [0.5, 0.6) is 11.5 Å². The number of methoxy groups -OCH3 is 2. The Hall–Kier alpha value is -2.80. The van der Waals surface area contributed by atoms with Gasteiger partial charge in [-0.2, -0.15) is 0 Å². The fourth-order valence-electron chi connectivity index (χ4n) is 2.26. The number of rotatable bonds is 5. The third-order valence-electron chi connectivity index (χ3n) is 3.52. The van der Waals surface area contributed by atoms with Crippen molar-refractivity contribution in [3.05, 3.63) is 47.5 Å². The summed E-state index contributed by atoms with van der Waals surface area (Å²) in [6.07, 6.45) is 0. The number of aromatic nitrogens is 1. The van der Waals surface area contributed by atoms with Gasteiger partial charge in [0.25, 0.3) is 5.91 Å². The summed E-state index contributed by atoms with van der Waals surface area (Å²) in [6.45, 7) is 2.01. The van der Waals surface area contributed by atoms with Gasteiger partial charge in [-0.1, -0.05) is 23.5 Å². The van der Waals surface area contributed by atoms with Crippen LogP contribution in [-0.4, -0.2) is 25.1 Å². The molecule has 24 heavy (non-hydrogen) atoms. The SMILES string of the molecule is COc1cc(OC)cc(C(=O)NNc2nc3c(C)cccc3s2)c1. The fourth-order valence-corrected chi connectivity index (χ4v) is 3.16. The van der Waals surface area contributed by atoms with Crippen LogP contribution < -0.4 is 20.3 Å². The number of anilines is 1. The number of nitrogens with zero attached hydrogens (tertiary/aromatic N) is 1. The maximum atomic E-state index is 12.3. The first-order valence-electron chi connectivity index (χ1n) is 7.26. The van der Waals surface area contributed by atoms with Crippen LogP contribution in [0.3, 0.4) is 0 Å². The van der Waals surface area contributed by atoms with Crippen molar-refractivity contribution in [2.75, 3.05) is 19.6 Å². The van der Waals surface area contributed by atoms with Crippen molar-refractivity contribution in [3.63, 3.8) is 0 Å². The number of amides is 1. The van der Waals surface area contributed by atoms with Gasteiger partial charge < -0.3 is 9.47 Å². The zero-order valence-corrected chi connectivity index (χ0v) is 14.4. The topological polar surface area (TPSA) is 72.5 Å². The molecule has 0 fully saturated rings. The van der Waals surface area contributed by atoms with Crippen molar-refractivity contribution in [1.82, 2.24) is 10.4 Å². The summed E-state index contributed by atoms with van der Waals surface area (Å²) < 4.78 is 11.4. The van der Waals surface area contributed by atoms with Crippen LogP contribution in [0.2, 0.25) is 0 Å². The Bertz CT molecular complexity index is 870. The summed E-state index contributed by atoms with van der Waals surface area (Å²) in [5, 5.41) is 0.627. The third-order valence-corrected chi connectivity index (χ3v) is 4.45. The van der Waals surface area contributed by atoms with E-state index in [-0.39, 0.29) is 5.91 Å². The smallest absolute Gasteiger partial charge is 0.269 e. The standard InChI is InChI=1S/C17H17N3O3S/c1-10-5-4-6-14-15(10)18-17(24-14)20-19-16(21)11-7-12(22-2)9-13(8-11)23-3/h4-9H,1-3H3,(H,18,20)(H,19,21). The van der Waals surface area contributed by atoms with Crippen LogP contribution in [0, 0.1) is 6.92 Å². The second kappa shape index (κ2) is 6.76. The molecule has 2 N–H and O–H groups in total. The molecule has 0 aliphatic carbocycles. The van der Waals surface area contributed by atoms with Crippen LogP contribution in [0.4, 0.5) is 5.13 Å². The van der Waals surface area contributed by atoms with E-state index < -0.39 is 0 Å². The van der Waals surface area contributed by atoms with Crippen molar-refractivity contribution in [2.45, 2.75) is 6.92 Å². The maximum Gasteiger partial charge on any atom is 0.269 e. The Balaban J connectivity index is 1.76. The molecule has 0 saturated carbocycles. The molecule has 0 atom stereocenters. The van der Waals surface area contributed by atoms with E-state index in [2.05, 4.69) is 15.8 Å². The van der Waals surface area contributed by atoms with Gasteiger partial charge in [-0.05, 0) is 30.7 Å². The number of fused-ring (bicyclic) bond motifs is 1. The van der Waals surface area contributed by atoms with Gasteiger partial charge in [-0.15, -0.1) is 0 Å². The Morgan fingerprint density at radius 3 is 2.46 bits per heavy atom. The summed E-state index contributed by atoms with van der Waals surface area (Å²) in [5.41, 5.74) is 7.96. The highest BCUT2D eigenvalue weighted by atomic mass is 32.1. The lowest BCUT2D eigenvalue weighted by Crippen LogP contribution is -2.29. The number of hydrogen-bond donors (Lipinski definition) is 2. The molecule has 2 aromatic carbocycles. The van der Waals surface area contributed by atoms with Crippen LogP contribution in [0.15, 0.2) is 36.4 Å². The number of nitrogens with one attached hydrogen (secondary N) is 2. The molecule has 0 aliphatic heterocycles. The van der Waals surface area contributed by atoms with Gasteiger partial charge in [-0.25, -0.2) is 4.98 Å². The van der Waals surface area contributed by atoms with Crippen molar-refractivity contribution < 1.29 is 14.3 Å². The van der Waals surface area contributed by atoms with Gasteiger partial charge in [0.2, 0.25) is 5.13 Å². The van der Waals surface area contributed by atoms with E-state index in [0.29, 0.717) is 22.2 Å². The first-order valence-corrected chi connectivity index (χ1v) is 8.08. The Labute approximate surface area is 143 Å². The van der Waals surface area contributed by atoms with Crippen LogP contribution >= 0.6 is 11.3 Å². The summed E-state index contributed by atoms with van der Waals surface area (Å²) in [6, 6.07) is 11.0. The average Bonchev–Trinajstić information content (AvgIpc) is 3.03. The molecule has 3 rings (SSSR count). The van der Waals surface area contributed by atoms with E-state index >= 15 is 0 Å². The van der Waals surface area contributed by atoms with Crippen molar-refractivity contribution >= 4 is 32.6 Å². The van der Waals surface area contributed by atoms with Crippen LogP contribution in [0.25, 0.3) is 10.2 Å². The Morgan fingerprint density at radius 1 is 1.12 bits per heavy atom. The molecular formula is C17H17N3O3S. The van der Waals surface area contributed by atoms with Gasteiger partial charge in [0.05, 0.1) is 24.4 Å². The highest BCUT2D eigenvalue weighted by molar-refractivity contribution is 7.22. The lowest BCUT2D eigenvalue weighted by atomic mass is 10.2. The zero-order valence-electron chi connectivity index (χ0n) is 13.5. The van der Waals surface area contributed by atoms with Crippen LogP contribution in [-0.2, 0) is 0 Å². The minimum atomic E-state index is -0.303. The largest absolute Gasteiger partial charge is 0.497 e. The molecule has 124 valence electrons. The predicted molar refractivity (Wildman–Crippen MR) is 95.0 cm³/mol. The van der Waals surface area contributed by atoms with E-state index in [1.165, 1.54) is 25.6 Å². The minimum Gasteiger partial charge on any atom is -0.497 e. The normalized spacial score (nSPS) is 10.5. The molecule has 0 spiro atoms. The van der Waals surface area contributed by atoms with Crippen molar-refractivity contribution in [1.29, 1.82) is 0 Å². The zero-order chi connectivity index (χ0) is 17.1. The summed E-state index contributed by atoms with van der Waals surface area (Å²) in [7, 11) is 3.08. The predicted octanol–water partition coefficient (Wildman–Crippen LogP) is 3.38. The molecule has 6 nitrogen and oxygen atoms in total. The molecule has 0 bridgehead atoms. The Morgan fingerprint density at radius 2 is 1.83 bits per heavy atom. The summed E-state index contributed by atoms with van der Waals surface area (Å²) in [4.78, 5) is 16.8. The number of thiazole rings is 1. The molecule has 7 heteroatoms. The van der Waals surface area contributed by atoms with Gasteiger partial charge in [0, 0.05) is 11.6 Å². The fraction of sp³-hybridized carbons (Fsp3) is 0.176. The van der Waals surface area contributed by atoms with Gasteiger partial charge >= 0.3 is 0 Å². The van der Waals surface area contributed by atoms with E-state index in [1.807, 2.05) is 25.1 Å². The second-order valence-electron chi connectivity index (χ2n) is 5.12.